The molecule has 1 fully saturated rings. The number of furan rings is 1. The number of anilines is 1. The van der Waals surface area contributed by atoms with Crippen molar-refractivity contribution in [3.05, 3.63) is 71.0 Å². The van der Waals surface area contributed by atoms with E-state index in [0.717, 1.165) is 0 Å². The van der Waals surface area contributed by atoms with Crippen molar-refractivity contribution in [2.24, 2.45) is 0 Å². The number of amides is 2. The normalized spacial score (nSPS) is 14.8. The number of nitrogens with zero attached hydrogens (tertiary/aromatic N) is 1. The van der Waals surface area contributed by atoms with Gasteiger partial charge >= 0.3 is 5.97 Å². The monoisotopic (exact) mass is 492 g/mol. The van der Waals surface area contributed by atoms with Crippen molar-refractivity contribution in [1.82, 2.24) is 5.32 Å². The van der Waals surface area contributed by atoms with Gasteiger partial charge in [0, 0.05) is 11.6 Å². The number of nitrogens with one attached hydrogen (secondary N) is 1. The van der Waals surface area contributed by atoms with Crippen LogP contribution in [-0.2, 0) is 9.59 Å². The highest BCUT2D eigenvalue weighted by Gasteiger charge is 2.36. The topological polar surface area (TPSA) is 118 Å². The Balaban J connectivity index is 1.68. The third-order valence-electron chi connectivity index (χ3n) is 5.38. The number of benzene rings is 2. The first-order valence-corrected chi connectivity index (χ1v) is 10.7. The molecule has 0 unspecified atom stereocenters. The Hall–Kier alpha value is -4.44. The quantitative estimate of drug-likeness (QED) is 0.303. The fraction of sp³-hybridized carbons (Fsp3) is 0.120. The average Bonchev–Trinajstić information content (AvgIpc) is 3.30. The predicted octanol–water partition coefficient (Wildman–Crippen LogP) is 3.80. The highest BCUT2D eigenvalue weighted by atomic mass is 32.1. The lowest BCUT2D eigenvalue weighted by Gasteiger charge is -2.29. The summed E-state index contributed by atoms with van der Waals surface area (Å²) in [6.07, 6.45) is 1.33. The predicted molar refractivity (Wildman–Crippen MR) is 132 cm³/mol. The van der Waals surface area contributed by atoms with Crippen LogP contribution in [0.5, 0.6) is 11.5 Å². The summed E-state index contributed by atoms with van der Waals surface area (Å²) in [5.74, 6) is -0.770. The van der Waals surface area contributed by atoms with Crippen molar-refractivity contribution in [1.29, 1.82) is 0 Å². The molecule has 1 saturated heterocycles. The summed E-state index contributed by atoms with van der Waals surface area (Å²) in [6.45, 7) is 1.77. The molecule has 10 heteroatoms. The molecule has 3 aromatic rings. The number of carbonyl (C=O) groups is 3. The fourth-order valence-corrected chi connectivity index (χ4v) is 3.91. The Morgan fingerprint density at radius 2 is 1.86 bits per heavy atom. The van der Waals surface area contributed by atoms with Gasteiger partial charge in [-0.15, -0.1) is 0 Å². The van der Waals surface area contributed by atoms with Gasteiger partial charge in [-0.05, 0) is 67.2 Å². The molecule has 0 aliphatic carbocycles. The van der Waals surface area contributed by atoms with Crippen molar-refractivity contribution in [3.63, 3.8) is 0 Å². The number of thiocarbonyl (C=S) groups is 1. The van der Waals surface area contributed by atoms with Crippen LogP contribution in [0.3, 0.4) is 0 Å². The van der Waals surface area contributed by atoms with Gasteiger partial charge in [-0.3, -0.25) is 14.9 Å². The van der Waals surface area contributed by atoms with E-state index in [9.17, 15) is 14.4 Å². The van der Waals surface area contributed by atoms with Gasteiger partial charge < -0.3 is 19.0 Å². The van der Waals surface area contributed by atoms with Crippen molar-refractivity contribution in [2.75, 3.05) is 19.1 Å². The molecular weight excluding hydrogens is 472 g/mol. The molecule has 1 aliphatic rings. The number of aryl methyl sites for hydroxylation is 1. The van der Waals surface area contributed by atoms with E-state index in [-0.39, 0.29) is 22.0 Å². The minimum atomic E-state index is -1.03. The second-order valence-electron chi connectivity index (χ2n) is 7.53. The van der Waals surface area contributed by atoms with Crippen LogP contribution in [0.2, 0.25) is 0 Å². The van der Waals surface area contributed by atoms with Crippen LogP contribution in [0.4, 0.5) is 5.69 Å². The van der Waals surface area contributed by atoms with Gasteiger partial charge in [0.1, 0.15) is 28.6 Å². The first kappa shape index (κ1) is 23.7. The molecule has 1 aromatic heterocycles. The second-order valence-corrected chi connectivity index (χ2v) is 7.92. The van der Waals surface area contributed by atoms with Gasteiger partial charge in [0.05, 0.1) is 25.5 Å². The SMILES string of the molecule is COc1ccc(N2C(=O)/C(=C/c3ccc(-c4ccc(C(=O)O)cc4C)o3)C(=O)NC2=S)c(OC)c1. The molecule has 2 N–H and O–H groups in total. The Kier molecular flexibility index (Phi) is 6.39. The van der Waals surface area contributed by atoms with Crippen molar-refractivity contribution in [3.8, 4) is 22.8 Å². The lowest BCUT2D eigenvalue weighted by Crippen LogP contribution is -2.54. The summed E-state index contributed by atoms with van der Waals surface area (Å²) in [4.78, 5) is 38.3. The van der Waals surface area contributed by atoms with Crippen LogP contribution >= 0.6 is 12.2 Å². The number of carboxylic acids is 1. The highest BCUT2D eigenvalue weighted by Crippen LogP contribution is 2.35. The minimum Gasteiger partial charge on any atom is -0.497 e. The van der Waals surface area contributed by atoms with Crippen LogP contribution in [0, 0.1) is 6.92 Å². The van der Waals surface area contributed by atoms with Crippen LogP contribution in [0.1, 0.15) is 21.7 Å². The molecule has 1 aliphatic heterocycles. The first-order valence-electron chi connectivity index (χ1n) is 10.3. The number of hydrogen-bond acceptors (Lipinski definition) is 7. The van der Waals surface area contributed by atoms with Crippen molar-refractivity contribution >= 4 is 46.9 Å². The van der Waals surface area contributed by atoms with Crippen LogP contribution in [-0.4, -0.2) is 42.2 Å². The Labute approximate surface area is 205 Å². The Bertz CT molecular complexity index is 1410. The molecule has 0 spiro atoms. The zero-order valence-corrected chi connectivity index (χ0v) is 19.8. The van der Waals surface area contributed by atoms with Gasteiger partial charge in [0.15, 0.2) is 5.11 Å². The summed E-state index contributed by atoms with van der Waals surface area (Å²) in [5, 5.41) is 11.6. The molecule has 35 heavy (non-hydrogen) atoms. The number of hydrogen-bond donors (Lipinski definition) is 2. The largest absolute Gasteiger partial charge is 0.497 e. The highest BCUT2D eigenvalue weighted by molar-refractivity contribution is 7.80. The number of aromatic carboxylic acids is 1. The van der Waals surface area contributed by atoms with Crippen LogP contribution in [0.25, 0.3) is 17.4 Å². The summed E-state index contributed by atoms with van der Waals surface area (Å²) in [6, 6.07) is 12.8. The molecule has 0 bridgehead atoms. The Morgan fingerprint density at radius 1 is 1.09 bits per heavy atom. The Morgan fingerprint density at radius 3 is 2.51 bits per heavy atom. The average molecular weight is 493 g/mol. The first-order chi connectivity index (χ1) is 16.7. The lowest BCUT2D eigenvalue weighted by molar-refractivity contribution is -0.122. The lowest BCUT2D eigenvalue weighted by atomic mass is 10.0. The molecule has 0 radical (unpaired) electrons. The van der Waals surface area contributed by atoms with E-state index in [1.807, 2.05) is 0 Å². The molecule has 0 atom stereocenters. The fourth-order valence-electron chi connectivity index (χ4n) is 3.64. The minimum absolute atomic E-state index is 0.0881. The van der Waals surface area contributed by atoms with E-state index in [0.29, 0.717) is 34.1 Å². The zero-order chi connectivity index (χ0) is 25.3. The third-order valence-corrected chi connectivity index (χ3v) is 5.67. The molecule has 0 saturated carbocycles. The summed E-state index contributed by atoms with van der Waals surface area (Å²) in [5.41, 5.74) is 1.70. The maximum absolute atomic E-state index is 13.3. The molecular formula is C25H20N2O7S. The standard InChI is InChI=1S/C25H20N2O7S/c1-13-10-14(24(30)31)4-7-17(13)20-9-6-16(34-20)11-18-22(28)26-25(35)27(23(18)29)19-8-5-15(32-2)12-21(19)33-3/h4-12H,1-3H3,(H,30,31)(H,26,28,35)/b18-11+. The smallest absolute Gasteiger partial charge is 0.335 e. The van der Waals surface area contributed by atoms with E-state index < -0.39 is 17.8 Å². The molecule has 9 nitrogen and oxygen atoms in total. The number of methoxy groups -OCH3 is 2. The number of ether oxygens (including phenoxy) is 2. The molecule has 2 heterocycles. The number of rotatable bonds is 6. The van der Waals surface area contributed by atoms with Gasteiger partial charge in [-0.2, -0.15) is 0 Å². The van der Waals surface area contributed by atoms with Crippen molar-refractivity contribution in [2.45, 2.75) is 6.92 Å². The maximum Gasteiger partial charge on any atom is 0.335 e. The van der Waals surface area contributed by atoms with E-state index >= 15 is 0 Å². The molecule has 2 aromatic carbocycles. The van der Waals surface area contributed by atoms with E-state index in [2.05, 4.69) is 5.32 Å². The van der Waals surface area contributed by atoms with E-state index in [1.54, 1.807) is 43.3 Å². The summed E-state index contributed by atoms with van der Waals surface area (Å²) in [7, 11) is 2.95. The second kappa shape index (κ2) is 9.43. The molecule has 2 amide bonds. The van der Waals surface area contributed by atoms with Crippen LogP contribution < -0.4 is 19.7 Å². The molecule has 178 valence electrons. The number of carbonyl (C=O) groups excluding carboxylic acids is 2. The van der Waals surface area contributed by atoms with Gasteiger partial charge in [0.2, 0.25) is 0 Å². The van der Waals surface area contributed by atoms with E-state index in [1.165, 1.54) is 37.3 Å². The third kappa shape index (κ3) is 4.51. The van der Waals surface area contributed by atoms with Gasteiger partial charge in [0.25, 0.3) is 11.8 Å². The maximum atomic E-state index is 13.3. The zero-order valence-electron chi connectivity index (χ0n) is 18.9. The number of carboxylic acid groups (broad SMARTS) is 1. The van der Waals surface area contributed by atoms with Crippen LogP contribution in [0.15, 0.2) is 58.5 Å². The molecule has 4 rings (SSSR count). The van der Waals surface area contributed by atoms with Gasteiger partial charge in [-0.25, -0.2) is 9.69 Å². The summed E-state index contributed by atoms with van der Waals surface area (Å²) < 4.78 is 16.4. The summed E-state index contributed by atoms with van der Waals surface area (Å²) >= 11 is 5.25. The van der Waals surface area contributed by atoms with E-state index in [4.69, 9.17) is 31.2 Å². The van der Waals surface area contributed by atoms with Crippen molar-refractivity contribution < 1.29 is 33.4 Å². The van der Waals surface area contributed by atoms with Gasteiger partial charge in [-0.1, -0.05) is 6.07 Å².